The number of hydrogen-bond acceptors (Lipinski definition) is 1. The first-order chi connectivity index (χ1) is 6.93. The number of halogens is 1. The lowest BCUT2D eigenvalue weighted by Gasteiger charge is -2.19. The average Bonchev–Trinajstić information content (AvgIpc) is 2.26. The SMILES string of the molecule is Br.c1ccc2c(c1)Cc1ccccc1O2. The Labute approximate surface area is 99.5 Å². The standard InChI is InChI=1S/C13H10O.BrH/c1-3-7-12-10(5-1)9-11-6-2-4-8-13(11)14-12;/h1-8H,9H2;1H. The van der Waals surface area contributed by atoms with Gasteiger partial charge < -0.3 is 4.74 Å². The van der Waals surface area contributed by atoms with E-state index in [0.717, 1.165) is 17.9 Å². The van der Waals surface area contributed by atoms with Crippen molar-refractivity contribution in [3.05, 3.63) is 59.7 Å². The minimum atomic E-state index is 0. The lowest BCUT2D eigenvalue weighted by molar-refractivity contribution is 0.460. The number of ether oxygens (including phenoxy) is 1. The molecule has 0 saturated heterocycles. The highest BCUT2D eigenvalue weighted by Gasteiger charge is 2.14. The van der Waals surface area contributed by atoms with Crippen molar-refractivity contribution in [2.45, 2.75) is 6.42 Å². The van der Waals surface area contributed by atoms with Gasteiger partial charge in [-0.3, -0.25) is 0 Å². The van der Waals surface area contributed by atoms with E-state index in [0.29, 0.717) is 0 Å². The van der Waals surface area contributed by atoms with Crippen LogP contribution in [0.3, 0.4) is 0 Å². The van der Waals surface area contributed by atoms with Crippen molar-refractivity contribution in [2.75, 3.05) is 0 Å². The van der Waals surface area contributed by atoms with Crippen LogP contribution in [0, 0.1) is 0 Å². The van der Waals surface area contributed by atoms with Crippen LogP contribution in [0.4, 0.5) is 0 Å². The maximum atomic E-state index is 5.78. The van der Waals surface area contributed by atoms with Crippen molar-refractivity contribution >= 4 is 17.0 Å². The normalized spacial score (nSPS) is 11.7. The summed E-state index contributed by atoms with van der Waals surface area (Å²) >= 11 is 0. The quantitative estimate of drug-likeness (QED) is 0.596. The second-order valence-electron chi connectivity index (χ2n) is 3.49. The van der Waals surface area contributed by atoms with Gasteiger partial charge in [0.1, 0.15) is 11.5 Å². The fourth-order valence-corrected chi connectivity index (χ4v) is 1.82. The van der Waals surface area contributed by atoms with Crippen LogP contribution in [-0.4, -0.2) is 0 Å². The number of benzene rings is 2. The summed E-state index contributed by atoms with van der Waals surface area (Å²) < 4.78 is 5.78. The van der Waals surface area contributed by atoms with Crippen LogP contribution in [0.25, 0.3) is 0 Å². The molecule has 0 aromatic heterocycles. The van der Waals surface area contributed by atoms with Crippen LogP contribution in [0.5, 0.6) is 11.5 Å². The lowest BCUT2D eigenvalue weighted by atomic mass is 10.0. The van der Waals surface area contributed by atoms with Gasteiger partial charge in [-0.15, -0.1) is 17.0 Å². The van der Waals surface area contributed by atoms with Gasteiger partial charge in [-0.2, -0.15) is 0 Å². The molecule has 1 nitrogen and oxygen atoms in total. The highest BCUT2D eigenvalue weighted by molar-refractivity contribution is 8.93. The molecule has 0 atom stereocenters. The fourth-order valence-electron chi connectivity index (χ4n) is 1.82. The Morgan fingerprint density at radius 3 is 1.73 bits per heavy atom. The second kappa shape index (κ2) is 4.07. The zero-order chi connectivity index (χ0) is 9.38. The molecule has 0 bridgehead atoms. The number of rotatable bonds is 0. The first-order valence-corrected chi connectivity index (χ1v) is 4.77. The molecule has 0 amide bonds. The monoisotopic (exact) mass is 262 g/mol. The minimum absolute atomic E-state index is 0. The summed E-state index contributed by atoms with van der Waals surface area (Å²) in [5, 5.41) is 0. The summed E-state index contributed by atoms with van der Waals surface area (Å²) in [6.07, 6.45) is 0.979. The van der Waals surface area contributed by atoms with Gasteiger partial charge in [0.05, 0.1) is 0 Å². The Hall–Kier alpha value is -1.28. The Morgan fingerprint density at radius 2 is 1.20 bits per heavy atom. The average molecular weight is 263 g/mol. The van der Waals surface area contributed by atoms with Crippen LogP contribution in [0.2, 0.25) is 0 Å². The largest absolute Gasteiger partial charge is 0.457 e. The molecule has 0 spiro atoms. The van der Waals surface area contributed by atoms with Gasteiger partial charge in [0.2, 0.25) is 0 Å². The number of hydrogen-bond donors (Lipinski definition) is 0. The Balaban J connectivity index is 0.000000853. The van der Waals surface area contributed by atoms with Gasteiger partial charge in [-0.25, -0.2) is 0 Å². The highest BCUT2D eigenvalue weighted by atomic mass is 79.9. The van der Waals surface area contributed by atoms with E-state index in [-0.39, 0.29) is 17.0 Å². The molecule has 0 saturated carbocycles. The van der Waals surface area contributed by atoms with Gasteiger partial charge in [0.25, 0.3) is 0 Å². The molecule has 3 rings (SSSR count). The molecule has 0 radical (unpaired) electrons. The molecule has 76 valence electrons. The van der Waals surface area contributed by atoms with Crippen LogP contribution in [0.1, 0.15) is 11.1 Å². The van der Waals surface area contributed by atoms with E-state index in [1.54, 1.807) is 0 Å². The van der Waals surface area contributed by atoms with Crippen LogP contribution in [0.15, 0.2) is 48.5 Å². The van der Waals surface area contributed by atoms with Crippen molar-refractivity contribution in [1.82, 2.24) is 0 Å². The van der Waals surface area contributed by atoms with Crippen LogP contribution in [-0.2, 0) is 6.42 Å². The van der Waals surface area contributed by atoms with E-state index in [2.05, 4.69) is 24.3 Å². The van der Waals surface area contributed by atoms with Crippen molar-refractivity contribution < 1.29 is 4.74 Å². The number of para-hydroxylation sites is 2. The molecule has 2 heteroatoms. The van der Waals surface area contributed by atoms with Crippen molar-refractivity contribution in [3.63, 3.8) is 0 Å². The Kier molecular flexibility index (Phi) is 2.78. The smallest absolute Gasteiger partial charge is 0.130 e. The predicted octanol–water partition coefficient (Wildman–Crippen LogP) is 3.96. The topological polar surface area (TPSA) is 9.23 Å². The molecule has 1 aliphatic heterocycles. The molecule has 0 N–H and O–H groups in total. The van der Waals surface area contributed by atoms with Crippen molar-refractivity contribution in [1.29, 1.82) is 0 Å². The first kappa shape index (κ1) is 10.2. The van der Waals surface area contributed by atoms with Crippen LogP contribution < -0.4 is 4.74 Å². The summed E-state index contributed by atoms with van der Waals surface area (Å²) in [4.78, 5) is 0. The first-order valence-electron chi connectivity index (χ1n) is 4.77. The molecule has 1 heterocycles. The molecule has 2 aromatic carbocycles. The van der Waals surface area contributed by atoms with Gasteiger partial charge in [-0.1, -0.05) is 36.4 Å². The van der Waals surface area contributed by atoms with Gasteiger partial charge >= 0.3 is 0 Å². The molecular formula is C13H11BrO. The Morgan fingerprint density at radius 1 is 0.733 bits per heavy atom. The van der Waals surface area contributed by atoms with Crippen molar-refractivity contribution in [3.8, 4) is 11.5 Å². The third-order valence-corrected chi connectivity index (χ3v) is 2.55. The molecule has 0 unspecified atom stereocenters. The summed E-state index contributed by atoms with van der Waals surface area (Å²) in [7, 11) is 0. The molecule has 2 aromatic rings. The zero-order valence-electron chi connectivity index (χ0n) is 8.14. The van der Waals surface area contributed by atoms with Crippen molar-refractivity contribution in [2.24, 2.45) is 0 Å². The van der Waals surface area contributed by atoms with E-state index in [4.69, 9.17) is 4.74 Å². The lowest BCUT2D eigenvalue weighted by Crippen LogP contribution is -2.01. The third-order valence-electron chi connectivity index (χ3n) is 2.55. The second-order valence-corrected chi connectivity index (χ2v) is 3.49. The van der Waals surface area contributed by atoms with E-state index < -0.39 is 0 Å². The third kappa shape index (κ3) is 1.77. The predicted molar refractivity (Wildman–Crippen MR) is 66.1 cm³/mol. The minimum Gasteiger partial charge on any atom is -0.457 e. The van der Waals surface area contributed by atoms with Gasteiger partial charge in [0, 0.05) is 6.42 Å². The molecule has 1 aliphatic rings. The summed E-state index contributed by atoms with van der Waals surface area (Å²) in [5.41, 5.74) is 2.54. The van der Waals surface area contributed by atoms with E-state index >= 15 is 0 Å². The maximum absolute atomic E-state index is 5.78. The molecule has 15 heavy (non-hydrogen) atoms. The van der Waals surface area contributed by atoms with Crippen LogP contribution >= 0.6 is 17.0 Å². The Bertz CT molecular complexity index is 392. The fraction of sp³-hybridized carbons (Fsp3) is 0.0769. The van der Waals surface area contributed by atoms with E-state index in [1.807, 2.05) is 24.3 Å². The number of fused-ring (bicyclic) bond motifs is 2. The molecule has 0 aliphatic carbocycles. The zero-order valence-corrected chi connectivity index (χ0v) is 9.86. The molecule has 0 fully saturated rings. The maximum Gasteiger partial charge on any atom is 0.130 e. The molecular weight excluding hydrogens is 252 g/mol. The summed E-state index contributed by atoms with van der Waals surface area (Å²) in [6, 6.07) is 16.4. The van der Waals surface area contributed by atoms with Gasteiger partial charge in [-0.05, 0) is 23.3 Å². The van der Waals surface area contributed by atoms with E-state index in [1.165, 1.54) is 11.1 Å². The van der Waals surface area contributed by atoms with E-state index in [9.17, 15) is 0 Å². The summed E-state index contributed by atoms with van der Waals surface area (Å²) in [6.45, 7) is 0. The highest BCUT2D eigenvalue weighted by Crippen LogP contribution is 2.35. The van der Waals surface area contributed by atoms with Gasteiger partial charge in [0.15, 0.2) is 0 Å². The summed E-state index contributed by atoms with van der Waals surface area (Å²) in [5.74, 6) is 1.98.